The van der Waals surface area contributed by atoms with Gasteiger partial charge < -0.3 is 0 Å². The number of benzene rings is 1. The number of nitrogens with zero attached hydrogens (tertiary/aromatic N) is 3. The van der Waals surface area contributed by atoms with Crippen molar-refractivity contribution in [3.8, 4) is 6.07 Å². The maximum atomic E-state index is 11.4. The van der Waals surface area contributed by atoms with Gasteiger partial charge in [-0.25, -0.2) is 8.42 Å². The van der Waals surface area contributed by atoms with Crippen LogP contribution in [0.1, 0.15) is 12.0 Å². The second-order valence-corrected chi connectivity index (χ2v) is 5.84. The average Bonchev–Trinajstić information content (AvgIpc) is 2.30. The summed E-state index contributed by atoms with van der Waals surface area (Å²) in [5.41, 5.74) is 0.727. The zero-order valence-electron chi connectivity index (χ0n) is 9.75. The Labute approximate surface area is 111 Å². The van der Waals surface area contributed by atoms with E-state index in [9.17, 15) is 8.42 Å². The van der Waals surface area contributed by atoms with Gasteiger partial charge in [0.25, 0.3) is 0 Å². The summed E-state index contributed by atoms with van der Waals surface area (Å²) in [6.45, 7) is 0.0411. The first kappa shape index (κ1) is 14.5. The van der Waals surface area contributed by atoms with E-state index in [4.69, 9.17) is 16.9 Å². The van der Waals surface area contributed by atoms with Crippen LogP contribution in [-0.2, 0) is 10.0 Å². The van der Waals surface area contributed by atoms with Gasteiger partial charge in [-0.05, 0) is 17.7 Å². The smallest absolute Gasteiger partial charge is 0.205 e. The van der Waals surface area contributed by atoms with Crippen molar-refractivity contribution in [2.24, 2.45) is 5.10 Å². The minimum Gasteiger partial charge on any atom is -0.205 e. The highest BCUT2D eigenvalue weighted by molar-refractivity contribution is 7.88. The van der Waals surface area contributed by atoms with Gasteiger partial charge in [-0.15, -0.1) is 0 Å². The van der Waals surface area contributed by atoms with E-state index in [0.29, 0.717) is 5.02 Å². The molecule has 0 aliphatic heterocycles. The molecule has 0 heterocycles. The van der Waals surface area contributed by atoms with Crippen LogP contribution in [0.25, 0.3) is 0 Å². The van der Waals surface area contributed by atoms with Gasteiger partial charge in [0.05, 0.1) is 31.5 Å². The number of nitriles is 1. The molecule has 0 bridgehead atoms. The van der Waals surface area contributed by atoms with Gasteiger partial charge in [0.1, 0.15) is 0 Å². The van der Waals surface area contributed by atoms with Gasteiger partial charge in [-0.2, -0.15) is 14.8 Å². The summed E-state index contributed by atoms with van der Waals surface area (Å²) in [7, 11) is -3.46. The standard InChI is InChI=1S/C11H12ClN3O2S/c1-18(16,17)15(8-2-7-13)14-9-10-3-5-11(12)6-4-10/h3-6,9H,2,8H2,1H3/b14-9+. The first-order valence-electron chi connectivity index (χ1n) is 5.07. The fraction of sp³-hybridized carbons (Fsp3) is 0.273. The van der Waals surface area contributed by atoms with E-state index in [1.807, 2.05) is 6.07 Å². The molecule has 96 valence electrons. The van der Waals surface area contributed by atoms with Crippen molar-refractivity contribution in [1.29, 1.82) is 5.26 Å². The van der Waals surface area contributed by atoms with Crippen LogP contribution in [-0.4, -0.2) is 31.8 Å². The predicted octanol–water partition coefficient (Wildman–Crippen LogP) is 1.85. The molecular formula is C11H12ClN3O2S. The average molecular weight is 286 g/mol. The topological polar surface area (TPSA) is 73.5 Å². The van der Waals surface area contributed by atoms with E-state index in [-0.39, 0.29) is 13.0 Å². The second-order valence-electron chi connectivity index (χ2n) is 3.51. The molecule has 7 heteroatoms. The van der Waals surface area contributed by atoms with E-state index < -0.39 is 10.0 Å². The lowest BCUT2D eigenvalue weighted by Crippen LogP contribution is -2.25. The fourth-order valence-corrected chi connectivity index (χ4v) is 1.90. The number of hydrazone groups is 1. The molecule has 18 heavy (non-hydrogen) atoms. The maximum absolute atomic E-state index is 11.4. The number of halogens is 1. The van der Waals surface area contributed by atoms with Crippen LogP contribution >= 0.6 is 11.6 Å². The van der Waals surface area contributed by atoms with Crippen LogP contribution in [0.2, 0.25) is 5.02 Å². The van der Waals surface area contributed by atoms with Gasteiger partial charge in [0.2, 0.25) is 10.0 Å². The van der Waals surface area contributed by atoms with Crippen molar-refractivity contribution in [1.82, 2.24) is 4.41 Å². The molecule has 0 aliphatic rings. The van der Waals surface area contributed by atoms with Crippen molar-refractivity contribution >= 4 is 27.8 Å². The van der Waals surface area contributed by atoms with Gasteiger partial charge in [-0.1, -0.05) is 23.7 Å². The molecule has 0 aromatic heterocycles. The highest BCUT2D eigenvalue weighted by Gasteiger charge is 2.12. The lowest BCUT2D eigenvalue weighted by molar-refractivity contribution is 0.444. The summed E-state index contributed by atoms with van der Waals surface area (Å²) in [6, 6.07) is 8.68. The number of rotatable bonds is 5. The van der Waals surface area contributed by atoms with Crippen LogP contribution in [0, 0.1) is 11.3 Å². The van der Waals surface area contributed by atoms with Crippen LogP contribution in [0.4, 0.5) is 0 Å². The van der Waals surface area contributed by atoms with E-state index in [1.54, 1.807) is 24.3 Å². The molecule has 0 fully saturated rings. The molecule has 5 nitrogen and oxygen atoms in total. The molecular weight excluding hydrogens is 274 g/mol. The highest BCUT2D eigenvalue weighted by Crippen LogP contribution is 2.08. The fourth-order valence-electron chi connectivity index (χ4n) is 1.13. The molecule has 1 aromatic carbocycles. The zero-order chi connectivity index (χ0) is 13.6. The van der Waals surface area contributed by atoms with Crippen LogP contribution in [0.3, 0.4) is 0 Å². The Bertz CT molecular complexity index is 561. The van der Waals surface area contributed by atoms with Gasteiger partial charge >= 0.3 is 0 Å². The molecule has 0 radical (unpaired) electrons. The zero-order valence-corrected chi connectivity index (χ0v) is 11.3. The molecule has 0 saturated heterocycles. The number of hydrogen-bond donors (Lipinski definition) is 0. The number of sulfonamides is 1. The van der Waals surface area contributed by atoms with E-state index in [1.165, 1.54) is 6.21 Å². The predicted molar refractivity (Wildman–Crippen MR) is 70.8 cm³/mol. The Hall–Kier alpha value is -1.58. The summed E-state index contributed by atoms with van der Waals surface area (Å²) in [4.78, 5) is 0. The van der Waals surface area contributed by atoms with Gasteiger partial charge in [-0.3, -0.25) is 0 Å². The molecule has 0 aliphatic carbocycles. The molecule has 0 spiro atoms. The third-order valence-electron chi connectivity index (χ3n) is 2.00. The summed E-state index contributed by atoms with van der Waals surface area (Å²) in [5, 5.41) is 12.9. The second kappa shape index (κ2) is 6.38. The third kappa shape index (κ3) is 4.73. The molecule has 1 rings (SSSR count). The lowest BCUT2D eigenvalue weighted by Gasteiger charge is -2.14. The van der Waals surface area contributed by atoms with E-state index >= 15 is 0 Å². The van der Waals surface area contributed by atoms with Crippen molar-refractivity contribution in [2.75, 3.05) is 12.8 Å². The summed E-state index contributed by atoms with van der Waals surface area (Å²) < 4.78 is 23.7. The largest absolute Gasteiger partial charge is 0.246 e. The quantitative estimate of drug-likeness (QED) is 0.612. The Morgan fingerprint density at radius 2 is 2.06 bits per heavy atom. The monoisotopic (exact) mass is 285 g/mol. The van der Waals surface area contributed by atoms with Crippen molar-refractivity contribution in [3.63, 3.8) is 0 Å². The third-order valence-corrected chi connectivity index (χ3v) is 3.30. The maximum Gasteiger partial charge on any atom is 0.246 e. The Morgan fingerprint density at radius 1 is 1.44 bits per heavy atom. The Morgan fingerprint density at radius 3 is 2.56 bits per heavy atom. The van der Waals surface area contributed by atoms with Crippen LogP contribution < -0.4 is 0 Å². The SMILES string of the molecule is CS(=O)(=O)N(CCC#N)/N=C/c1ccc(Cl)cc1. The molecule has 1 aromatic rings. The van der Waals surface area contributed by atoms with Crippen molar-refractivity contribution in [3.05, 3.63) is 34.9 Å². The minimum absolute atomic E-state index is 0.0411. The van der Waals surface area contributed by atoms with Gasteiger partial charge in [0, 0.05) is 5.02 Å². The van der Waals surface area contributed by atoms with Crippen LogP contribution in [0.15, 0.2) is 29.4 Å². The Balaban J connectivity index is 2.83. The first-order valence-corrected chi connectivity index (χ1v) is 7.30. The molecule has 0 atom stereocenters. The van der Waals surface area contributed by atoms with Gasteiger partial charge in [0.15, 0.2) is 0 Å². The summed E-state index contributed by atoms with van der Waals surface area (Å²) in [6.07, 6.45) is 2.54. The summed E-state index contributed by atoms with van der Waals surface area (Å²) in [5.74, 6) is 0. The molecule has 0 N–H and O–H groups in total. The lowest BCUT2D eigenvalue weighted by atomic mass is 10.2. The minimum atomic E-state index is -3.46. The summed E-state index contributed by atoms with van der Waals surface area (Å²) >= 11 is 5.73. The molecule has 0 saturated carbocycles. The van der Waals surface area contributed by atoms with E-state index in [2.05, 4.69) is 5.10 Å². The Kier molecular flexibility index (Phi) is 5.13. The normalized spacial score (nSPS) is 11.4. The van der Waals surface area contributed by atoms with E-state index in [0.717, 1.165) is 16.2 Å². The first-order chi connectivity index (χ1) is 8.43. The molecule has 0 amide bonds. The highest BCUT2D eigenvalue weighted by atomic mass is 35.5. The number of hydrogen-bond acceptors (Lipinski definition) is 4. The van der Waals surface area contributed by atoms with Crippen molar-refractivity contribution < 1.29 is 8.42 Å². The van der Waals surface area contributed by atoms with Crippen LogP contribution in [0.5, 0.6) is 0 Å². The molecule has 0 unspecified atom stereocenters. The van der Waals surface area contributed by atoms with Crippen molar-refractivity contribution in [2.45, 2.75) is 6.42 Å².